The topological polar surface area (TPSA) is 58.6 Å². The van der Waals surface area contributed by atoms with Crippen molar-refractivity contribution in [2.75, 3.05) is 26.3 Å². The van der Waals surface area contributed by atoms with E-state index in [2.05, 4.69) is 4.72 Å². The monoisotopic (exact) mass is 314 g/mol. The Morgan fingerprint density at radius 2 is 1.95 bits per heavy atom. The van der Waals surface area contributed by atoms with Gasteiger partial charge in [-0.1, -0.05) is 12.1 Å². The maximum Gasteiger partial charge on any atom is 0.279 e. The number of hydrogen-bond donors (Lipinski definition) is 1. The molecule has 0 unspecified atom stereocenters. The molecule has 21 heavy (non-hydrogen) atoms. The number of rotatable bonds is 4. The van der Waals surface area contributed by atoms with Gasteiger partial charge in [-0.3, -0.25) is 0 Å². The molecule has 2 fully saturated rings. The van der Waals surface area contributed by atoms with Crippen LogP contribution in [0.1, 0.15) is 24.3 Å². The molecule has 1 aliphatic carbocycles. The number of halogens is 1. The van der Waals surface area contributed by atoms with Gasteiger partial charge in [0, 0.05) is 19.1 Å². The highest BCUT2D eigenvalue weighted by atomic mass is 32.2. The molecule has 0 amide bonds. The van der Waals surface area contributed by atoms with Crippen LogP contribution >= 0.6 is 0 Å². The molecule has 2 aliphatic rings. The molecular weight excluding hydrogens is 295 g/mol. The average molecular weight is 314 g/mol. The van der Waals surface area contributed by atoms with Crippen LogP contribution in [0.15, 0.2) is 24.3 Å². The van der Waals surface area contributed by atoms with Crippen LogP contribution in [0, 0.1) is 5.82 Å². The second kappa shape index (κ2) is 6.00. The van der Waals surface area contributed by atoms with Crippen LogP contribution in [0.5, 0.6) is 0 Å². The normalized spacial score (nSPS) is 27.3. The zero-order chi connectivity index (χ0) is 14.9. The highest BCUT2D eigenvalue weighted by molar-refractivity contribution is 7.87. The van der Waals surface area contributed by atoms with Gasteiger partial charge in [0.25, 0.3) is 10.2 Å². The molecule has 0 aromatic heterocycles. The van der Waals surface area contributed by atoms with Gasteiger partial charge >= 0.3 is 0 Å². The molecule has 1 aromatic carbocycles. The average Bonchev–Trinajstić information content (AvgIpc) is 2.43. The van der Waals surface area contributed by atoms with Gasteiger partial charge in [-0.15, -0.1) is 0 Å². The fourth-order valence-corrected chi connectivity index (χ4v) is 4.21. The van der Waals surface area contributed by atoms with E-state index in [0.717, 1.165) is 5.56 Å². The molecule has 5 nitrogen and oxygen atoms in total. The number of morpholine rings is 1. The molecule has 116 valence electrons. The first kappa shape index (κ1) is 14.9. The third kappa shape index (κ3) is 3.42. The van der Waals surface area contributed by atoms with Crippen molar-refractivity contribution < 1.29 is 17.5 Å². The SMILES string of the molecule is O=S(=O)(NC1CC(c2cccc(F)c2)C1)N1CCOCC1. The molecule has 7 heteroatoms. The van der Waals surface area contributed by atoms with E-state index in [9.17, 15) is 12.8 Å². The van der Waals surface area contributed by atoms with Crippen molar-refractivity contribution >= 4 is 10.2 Å². The summed E-state index contributed by atoms with van der Waals surface area (Å²) in [6.07, 6.45) is 1.43. The summed E-state index contributed by atoms with van der Waals surface area (Å²) in [5.41, 5.74) is 0.942. The lowest BCUT2D eigenvalue weighted by atomic mass is 9.76. The smallest absolute Gasteiger partial charge is 0.279 e. The summed E-state index contributed by atoms with van der Waals surface area (Å²) in [5.74, 6) is -0.0112. The largest absolute Gasteiger partial charge is 0.379 e. The number of nitrogens with zero attached hydrogens (tertiary/aromatic N) is 1. The van der Waals surface area contributed by atoms with E-state index in [1.165, 1.54) is 16.4 Å². The second-order valence-electron chi connectivity index (χ2n) is 5.55. The van der Waals surface area contributed by atoms with E-state index in [1.54, 1.807) is 6.07 Å². The summed E-state index contributed by atoms with van der Waals surface area (Å²) >= 11 is 0. The molecule has 0 spiro atoms. The van der Waals surface area contributed by atoms with Crippen molar-refractivity contribution in [3.63, 3.8) is 0 Å². The minimum atomic E-state index is -3.43. The molecule has 1 saturated carbocycles. The maximum atomic E-state index is 13.2. The van der Waals surface area contributed by atoms with Crippen LogP contribution in [0.25, 0.3) is 0 Å². The Hall–Kier alpha value is -1.02. The van der Waals surface area contributed by atoms with Crippen LogP contribution in [-0.2, 0) is 14.9 Å². The van der Waals surface area contributed by atoms with Gasteiger partial charge in [0.2, 0.25) is 0 Å². The molecule has 0 atom stereocenters. The molecule has 1 N–H and O–H groups in total. The fraction of sp³-hybridized carbons (Fsp3) is 0.571. The van der Waals surface area contributed by atoms with Crippen LogP contribution in [-0.4, -0.2) is 45.1 Å². The molecule has 1 saturated heterocycles. The summed E-state index contributed by atoms with van der Waals surface area (Å²) in [7, 11) is -3.43. The molecule has 3 rings (SSSR count). The van der Waals surface area contributed by atoms with Gasteiger partial charge in [0.1, 0.15) is 5.82 Å². The zero-order valence-corrected chi connectivity index (χ0v) is 12.5. The zero-order valence-electron chi connectivity index (χ0n) is 11.7. The standard InChI is InChI=1S/C14H19FN2O3S/c15-13-3-1-2-11(8-13)12-9-14(10-12)16-21(18,19)17-4-6-20-7-5-17/h1-3,8,12,14,16H,4-7,9-10H2. The second-order valence-corrected chi connectivity index (χ2v) is 7.26. The van der Waals surface area contributed by atoms with Gasteiger partial charge in [0.05, 0.1) is 13.2 Å². The lowest BCUT2D eigenvalue weighted by molar-refractivity contribution is 0.0720. The van der Waals surface area contributed by atoms with Crippen molar-refractivity contribution in [1.82, 2.24) is 9.03 Å². The van der Waals surface area contributed by atoms with E-state index in [-0.39, 0.29) is 17.8 Å². The Morgan fingerprint density at radius 1 is 1.24 bits per heavy atom. The summed E-state index contributed by atoms with van der Waals surface area (Å²) < 4.78 is 46.8. The number of benzene rings is 1. The molecule has 1 heterocycles. The highest BCUT2D eigenvalue weighted by Crippen LogP contribution is 2.37. The quantitative estimate of drug-likeness (QED) is 0.909. The Bertz CT molecular complexity index is 596. The van der Waals surface area contributed by atoms with Crippen molar-refractivity contribution in [2.45, 2.75) is 24.8 Å². The Morgan fingerprint density at radius 3 is 2.62 bits per heavy atom. The summed E-state index contributed by atoms with van der Waals surface area (Å²) in [6, 6.07) is 6.46. The first-order valence-corrected chi connectivity index (χ1v) is 8.59. The van der Waals surface area contributed by atoms with Crippen molar-refractivity contribution in [1.29, 1.82) is 0 Å². The Labute approximate surface area is 124 Å². The summed E-state index contributed by atoms with van der Waals surface area (Å²) in [5, 5.41) is 0. The van der Waals surface area contributed by atoms with Crippen LogP contribution in [0.3, 0.4) is 0 Å². The van der Waals surface area contributed by atoms with Crippen molar-refractivity contribution in [3.8, 4) is 0 Å². The van der Waals surface area contributed by atoms with Crippen LogP contribution in [0.4, 0.5) is 4.39 Å². The van der Waals surface area contributed by atoms with Crippen molar-refractivity contribution in [3.05, 3.63) is 35.6 Å². The van der Waals surface area contributed by atoms with Gasteiger partial charge in [-0.05, 0) is 36.5 Å². The van der Waals surface area contributed by atoms with Crippen LogP contribution in [0.2, 0.25) is 0 Å². The van der Waals surface area contributed by atoms with E-state index >= 15 is 0 Å². The lowest BCUT2D eigenvalue weighted by Crippen LogP contribution is -2.52. The number of hydrogen-bond acceptors (Lipinski definition) is 3. The first-order valence-electron chi connectivity index (χ1n) is 7.15. The first-order chi connectivity index (χ1) is 10.0. The van der Waals surface area contributed by atoms with Gasteiger partial charge in [-0.25, -0.2) is 4.39 Å². The third-order valence-corrected chi connectivity index (χ3v) is 5.76. The van der Waals surface area contributed by atoms with Crippen molar-refractivity contribution in [2.24, 2.45) is 0 Å². The van der Waals surface area contributed by atoms with E-state index in [1.807, 2.05) is 6.07 Å². The summed E-state index contributed by atoms with van der Waals surface area (Å²) in [4.78, 5) is 0. The minimum Gasteiger partial charge on any atom is -0.379 e. The molecular formula is C14H19FN2O3S. The molecule has 1 aromatic rings. The fourth-order valence-electron chi connectivity index (χ4n) is 2.82. The van der Waals surface area contributed by atoms with Gasteiger partial charge < -0.3 is 4.74 Å². The third-order valence-electron chi connectivity index (χ3n) is 4.08. The summed E-state index contributed by atoms with van der Waals surface area (Å²) in [6.45, 7) is 1.68. The molecule has 1 aliphatic heterocycles. The van der Waals surface area contributed by atoms with Gasteiger partial charge in [-0.2, -0.15) is 17.4 Å². The molecule has 0 bridgehead atoms. The van der Waals surface area contributed by atoms with E-state index in [0.29, 0.717) is 39.1 Å². The number of nitrogens with one attached hydrogen (secondary N) is 1. The predicted molar refractivity (Wildman–Crippen MR) is 76.6 cm³/mol. The van der Waals surface area contributed by atoms with Crippen LogP contribution < -0.4 is 4.72 Å². The Balaban J connectivity index is 1.54. The highest BCUT2D eigenvalue weighted by Gasteiger charge is 2.35. The molecule has 0 radical (unpaired) electrons. The lowest BCUT2D eigenvalue weighted by Gasteiger charge is -2.37. The van der Waals surface area contributed by atoms with E-state index < -0.39 is 10.2 Å². The predicted octanol–water partition coefficient (Wildman–Crippen LogP) is 1.24. The Kier molecular flexibility index (Phi) is 4.26. The number of ether oxygens (including phenoxy) is 1. The minimum absolute atomic E-state index is 0.0638. The van der Waals surface area contributed by atoms with Gasteiger partial charge in [0.15, 0.2) is 0 Å². The maximum absolute atomic E-state index is 13.2. The van der Waals surface area contributed by atoms with E-state index in [4.69, 9.17) is 4.74 Å².